The standard InChI is InChI=1S/C9H12N4O4/c1-4-5(2)12-13-9(10-4)11-6(8(16)17)3-7(14)15/h6H,3H2,1-2H3,(H,14,15)(H,16,17)(H,10,11,13). The van der Waals surface area contributed by atoms with E-state index in [0.29, 0.717) is 11.4 Å². The van der Waals surface area contributed by atoms with E-state index >= 15 is 0 Å². The van der Waals surface area contributed by atoms with Gasteiger partial charge < -0.3 is 15.5 Å². The van der Waals surface area contributed by atoms with Crippen LogP contribution in [0.2, 0.25) is 0 Å². The predicted molar refractivity (Wildman–Crippen MR) is 56.6 cm³/mol. The lowest BCUT2D eigenvalue weighted by atomic mass is 10.2. The molecule has 0 aliphatic rings. The van der Waals surface area contributed by atoms with Gasteiger partial charge in [-0.1, -0.05) is 0 Å². The second-order valence-corrected chi connectivity index (χ2v) is 3.44. The third-order valence-corrected chi connectivity index (χ3v) is 2.07. The molecule has 1 aromatic rings. The Bertz CT molecular complexity index is 449. The van der Waals surface area contributed by atoms with Crippen LogP contribution in [0.3, 0.4) is 0 Å². The van der Waals surface area contributed by atoms with Crippen molar-refractivity contribution >= 4 is 17.9 Å². The van der Waals surface area contributed by atoms with Crippen LogP contribution < -0.4 is 5.32 Å². The molecule has 8 nitrogen and oxygen atoms in total. The quantitative estimate of drug-likeness (QED) is 0.647. The van der Waals surface area contributed by atoms with E-state index < -0.39 is 24.4 Å². The number of rotatable bonds is 5. The minimum atomic E-state index is -1.28. The molecule has 0 aliphatic carbocycles. The van der Waals surface area contributed by atoms with E-state index in [9.17, 15) is 9.59 Å². The number of carboxylic acids is 2. The molecule has 92 valence electrons. The highest BCUT2D eigenvalue weighted by Crippen LogP contribution is 2.05. The number of nitrogens with zero attached hydrogens (tertiary/aromatic N) is 3. The Kier molecular flexibility index (Phi) is 3.91. The predicted octanol–water partition coefficient (Wildman–Crippen LogP) is -0.172. The van der Waals surface area contributed by atoms with E-state index in [1.54, 1.807) is 13.8 Å². The molecule has 1 rings (SSSR count). The van der Waals surface area contributed by atoms with Crippen molar-refractivity contribution in [1.29, 1.82) is 0 Å². The summed E-state index contributed by atoms with van der Waals surface area (Å²) in [5.41, 5.74) is 1.22. The van der Waals surface area contributed by atoms with Crippen molar-refractivity contribution in [3.8, 4) is 0 Å². The number of hydrogen-bond acceptors (Lipinski definition) is 6. The SMILES string of the molecule is Cc1nnc(NC(CC(=O)O)C(=O)O)nc1C. The van der Waals surface area contributed by atoms with Crippen LogP contribution in [0, 0.1) is 13.8 Å². The Morgan fingerprint density at radius 3 is 2.35 bits per heavy atom. The molecule has 0 bridgehead atoms. The molecule has 3 N–H and O–H groups in total. The fourth-order valence-corrected chi connectivity index (χ4v) is 1.05. The normalized spacial score (nSPS) is 11.9. The van der Waals surface area contributed by atoms with E-state index in [1.165, 1.54) is 0 Å². The molecule has 0 spiro atoms. The number of carboxylic acid groups (broad SMARTS) is 2. The van der Waals surface area contributed by atoms with E-state index in [0.717, 1.165) is 0 Å². The van der Waals surface area contributed by atoms with Gasteiger partial charge in [0.15, 0.2) is 0 Å². The van der Waals surface area contributed by atoms with Gasteiger partial charge in [-0.2, -0.15) is 5.10 Å². The molecule has 0 aliphatic heterocycles. The zero-order valence-electron chi connectivity index (χ0n) is 9.34. The first-order valence-corrected chi connectivity index (χ1v) is 4.79. The van der Waals surface area contributed by atoms with Crippen LogP contribution in [0.1, 0.15) is 17.8 Å². The minimum Gasteiger partial charge on any atom is -0.481 e. The molecule has 1 atom stereocenters. The second-order valence-electron chi connectivity index (χ2n) is 3.44. The van der Waals surface area contributed by atoms with Gasteiger partial charge in [0.25, 0.3) is 0 Å². The smallest absolute Gasteiger partial charge is 0.326 e. The van der Waals surface area contributed by atoms with E-state index in [4.69, 9.17) is 10.2 Å². The largest absolute Gasteiger partial charge is 0.481 e. The lowest BCUT2D eigenvalue weighted by Gasteiger charge is -2.12. The van der Waals surface area contributed by atoms with Crippen LogP contribution in [0.4, 0.5) is 5.95 Å². The maximum atomic E-state index is 10.8. The van der Waals surface area contributed by atoms with Crippen molar-refractivity contribution in [2.75, 3.05) is 5.32 Å². The number of hydrogen-bond donors (Lipinski definition) is 3. The Hall–Kier alpha value is -2.25. The number of aliphatic carboxylic acids is 2. The molecule has 0 saturated carbocycles. The molecular formula is C9H12N4O4. The van der Waals surface area contributed by atoms with Gasteiger partial charge in [0.2, 0.25) is 5.95 Å². The summed E-state index contributed by atoms with van der Waals surface area (Å²) in [5.74, 6) is -2.50. The molecule has 17 heavy (non-hydrogen) atoms. The van der Waals surface area contributed by atoms with Crippen molar-refractivity contribution in [2.24, 2.45) is 0 Å². The fraction of sp³-hybridized carbons (Fsp3) is 0.444. The van der Waals surface area contributed by atoms with E-state index in [1.807, 2.05) is 0 Å². The average molecular weight is 240 g/mol. The van der Waals surface area contributed by atoms with Crippen molar-refractivity contribution in [3.05, 3.63) is 11.4 Å². The first kappa shape index (κ1) is 12.8. The maximum Gasteiger partial charge on any atom is 0.326 e. The van der Waals surface area contributed by atoms with Crippen molar-refractivity contribution in [1.82, 2.24) is 15.2 Å². The molecule has 0 saturated heterocycles. The lowest BCUT2D eigenvalue weighted by Crippen LogP contribution is -2.32. The van der Waals surface area contributed by atoms with Gasteiger partial charge in [-0.05, 0) is 13.8 Å². The molecule has 0 aromatic carbocycles. The summed E-state index contributed by atoms with van der Waals surface area (Å²) in [6.07, 6.45) is -0.564. The van der Waals surface area contributed by atoms with Gasteiger partial charge >= 0.3 is 11.9 Å². The molecule has 1 heterocycles. The Labute approximate surface area is 96.7 Å². The third kappa shape index (κ3) is 3.67. The average Bonchev–Trinajstić information content (AvgIpc) is 2.21. The highest BCUT2D eigenvalue weighted by Gasteiger charge is 2.22. The van der Waals surface area contributed by atoms with Crippen LogP contribution in [0.25, 0.3) is 0 Å². The van der Waals surface area contributed by atoms with Crippen molar-refractivity contribution in [2.45, 2.75) is 26.3 Å². The van der Waals surface area contributed by atoms with Gasteiger partial charge in [0.1, 0.15) is 6.04 Å². The molecule has 0 fully saturated rings. The molecule has 0 radical (unpaired) electrons. The number of anilines is 1. The van der Waals surface area contributed by atoms with Crippen LogP contribution >= 0.6 is 0 Å². The number of nitrogens with one attached hydrogen (secondary N) is 1. The molecule has 1 unspecified atom stereocenters. The van der Waals surface area contributed by atoms with Crippen LogP contribution in [0.5, 0.6) is 0 Å². The van der Waals surface area contributed by atoms with E-state index in [2.05, 4.69) is 20.5 Å². The summed E-state index contributed by atoms with van der Waals surface area (Å²) >= 11 is 0. The number of aromatic nitrogens is 3. The lowest BCUT2D eigenvalue weighted by molar-refractivity contribution is -0.144. The van der Waals surface area contributed by atoms with E-state index in [-0.39, 0.29) is 5.95 Å². The van der Waals surface area contributed by atoms with Gasteiger partial charge in [0, 0.05) is 0 Å². The third-order valence-electron chi connectivity index (χ3n) is 2.07. The second kappa shape index (κ2) is 5.19. The van der Waals surface area contributed by atoms with Crippen LogP contribution in [-0.4, -0.2) is 43.4 Å². The number of carbonyl (C=O) groups is 2. The molecule has 8 heteroatoms. The zero-order valence-corrected chi connectivity index (χ0v) is 9.34. The first-order chi connectivity index (χ1) is 7.90. The highest BCUT2D eigenvalue weighted by molar-refractivity contribution is 5.82. The van der Waals surface area contributed by atoms with Crippen molar-refractivity contribution < 1.29 is 19.8 Å². The molecule has 0 amide bonds. The summed E-state index contributed by atoms with van der Waals surface area (Å²) in [6.45, 7) is 3.41. The Morgan fingerprint density at radius 1 is 1.24 bits per heavy atom. The highest BCUT2D eigenvalue weighted by atomic mass is 16.4. The Balaban J connectivity index is 2.82. The monoisotopic (exact) mass is 240 g/mol. The fourth-order valence-electron chi connectivity index (χ4n) is 1.05. The minimum absolute atomic E-state index is 0.00162. The topological polar surface area (TPSA) is 125 Å². The van der Waals surface area contributed by atoms with Crippen LogP contribution in [0.15, 0.2) is 0 Å². The van der Waals surface area contributed by atoms with Crippen molar-refractivity contribution in [3.63, 3.8) is 0 Å². The molecule has 1 aromatic heterocycles. The van der Waals surface area contributed by atoms with Gasteiger partial charge in [0.05, 0.1) is 17.8 Å². The summed E-state index contributed by atoms with van der Waals surface area (Å²) < 4.78 is 0. The van der Waals surface area contributed by atoms with Crippen LogP contribution in [-0.2, 0) is 9.59 Å². The summed E-state index contributed by atoms with van der Waals surface area (Å²) in [5, 5.41) is 27.2. The van der Waals surface area contributed by atoms with Gasteiger partial charge in [-0.25, -0.2) is 9.78 Å². The number of aryl methyl sites for hydroxylation is 2. The van der Waals surface area contributed by atoms with Gasteiger partial charge in [-0.3, -0.25) is 4.79 Å². The Morgan fingerprint density at radius 2 is 1.88 bits per heavy atom. The molecular weight excluding hydrogens is 228 g/mol. The summed E-state index contributed by atoms with van der Waals surface area (Å²) in [4.78, 5) is 25.2. The van der Waals surface area contributed by atoms with Gasteiger partial charge in [-0.15, -0.1) is 5.10 Å². The maximum absolute atomic E-state index is 10.8. The zero-order chi connectivity index (χ0) is 13.0. The first-order valence-electron chi connectivity index (χ1n) is 4.79. The summed E-state index contributed by atoms with van der Waals surface area (Å²) in [7, 11) is 0. The summed E-state index contributed by atoms with van der Waals surface area (Å²) in [6, 6.07) is -1.28.